The predicted octanol–water partition coefficient (Wildman–Crippen LogP) is 2.98. The van der Waals surface area contributed by atoms with Crippen molar-refractivity contribution in [3.05, 3.63) is 30.3 Å². The van der Waals surface area contributed by atoms with Crippen molar-refractivity contribution in [3.8, 4) is 11.4 Å². The van der Waals surface area contributed by atoms with E-state index in [0.717, 1.165) is 57.4 Å². The van der Waals surface area contributed by atoms with E-state index in [9.17, 15) is 4.79 Å². The van der Waals surface area contributed by atoms with Crippen LogP contribution in [-0.2, 0) is 9.53 Å². The summed E-state index contributed by atoms with van der Waals surface area (Å²) in [6.07, 6.45) is 4.63. The average molecular weight is 384 g/mol. The molecule has 0 aliphatic carbocycles. The van der Waals surface area contributed by atoms with Gasteiger partial charge in [0.15, 0.2) is 0 Å². The van der Waals surface area contributed by atoms with Gasteiger partial charge in [-0.15, -0.1) is 0 Å². The van der Waals surface area contributed by atoms with Crippen LogP contribution in [0.15, 0.2) is 34.9 Å². The van der Waals surface area contributed by atoms with Crippen LogP contribution < -0.4 is 4.90 Å². The van der Waals surface area contributed by atoms with Crippen LogP contribution >= 0.6 is 0 Å². The topological polar surface area (TPSA) is 71.7 Å². The fourth-order valence-corrected chi connectivity index (χ4v) is 4.33. The SMILES string of the molecule is COCCCN1CC2(CCC1=O)CCN(c1nc(-c3ccccc3)no1)CC2. The number of hydrogen-bond acceptors (Lipinski definition) is 6. The molecule has 1 aromatic heterocycles. The highest BCUT2D eigenvalue weighted by Crippen LogP contribution is 2.41. The van der Waals surface area contributed by atoms with Crippen molar-refractivity contribution >= 4 is 11.9 Å². The molecule has 150 valence electrons. The van der Waals surface area contributed by atoms with Gasteiger partial charge in [0.1, 0.15) is 0 Å². The summed E-state index contributed by atoms with van der Waals surface area (Å²) in [5, 5.41) is 4.14. The fraction of sp³-hybridized carbons (Fsp3) is 0.571. The molecule has 7 nitrogen and oxygen atoms in total. The molecule has 28 heavy (non-hydrogen) atoms. The molecular weight excluding hydrogens is 356 g/mol. The molecule has 0 radical (unpaired) electrons. The van der Waals surface area contributed by atoms with E-state index in [1.807, 2.05) is 35.2 Å². The minimum atomic E-state index is 0.222. The summed E-state index contributed by atoms with van der Waals surface area (Å²) in [4.78, 5) is 21.1. The minimum absolute atomic E-state index is 0.222. The second-order valence-electron chi connectivity index (χ2n) is 7.92. The van der Waals surface area contributed by atoms with Crippen molar-refractivity contribution in [1.82, 2.24) is 15.0 Å². The largest absolute Gasteiger partial charge is 0.385 e. The molecular formula is C21H28N4O3. The van der Waals surface area contributed by atoms with Gasteiger partial charge in [0, 0.05) is 51.9 Å². The molecule has 2 aromatic rings. The first kappa shape index (κ1) is 18.9. The van der Waals surface area contributed by atoms with Crippen molar-refractivity contribution in [3.63, 3.8) is 0 Å². The normalized spacial score (nSPS) is 19.4. The number of benzene rings is 1. The maximum atomic E-state index is 12.3. The number of methoxy groups -OCH3 is 1. The van der Waals surface area contributed by atoms with Gasteiger partial charge in [-0.3, -0.25) is 4.79 Å². The second-order valence-corrected chi connectivity index (χ2v) is 7.92. The fourth-order valence-electron chi connectivity index (χ4n) is 4.33. The minimum Gasteiger partial charge on any atom is -0.385 e. The van der Waals surface area contributed by atoms with Gasteiger partial charge in [-0.2, -0.15) is 4.98 Å². The molecule has 7 heteroatoms. The molecule has 1 spiro atoms. The molecule has 1 aromatic carbocycles. The first-order chi connectivity index (χ1) is 13.7. The lowest BCUT2D eigenvalue weighted by Crippen LogP contribution is -2.51. The summed E-state index contributed by atoms with van der Waals surface area (Å²) in [5.74, 6) is 0.914. The Morgan fingerprint density at radius 3 is 2.71 bits per heavy atom. The Morgan fingerprint density at radius 2 is 1.96 bits per heavy atom. The highest BCUT2D eigenvalue weighted by atomic mass is 16.5. The third-order valence-corrected chi connectivity index (χ3v) is 6.07. The van der Waals surface area contributed by atoms with Gasteiger partial charge in [-0.25, -0.2) is 0 Å². The molecule has 2 saturated heterocycles. The van der Waals surface area contributed by atoms with Crippen LogP contribution in [0.3, 0.4) is 0 Å². The molecule has 0 N–H and O–H groups in total. The second kappa shape index (κ2) is 8.31. The van der Waals surface area contributed by atoms with Crippen LogP contribution in [0.25, 0.3) is 11.4 Å². The van der Waals surface area contributed by atoms with Gasteiger partial charge in [-0.05, 0) is 31.1 Å². The first-order valence-corrected chi connectivity index (χ1v) is 10.1. The third-order valence-electron chi connectivity index (χ3n) is 6.07. The number of likely N-dealkylation sites (tertiary alicyclic amines) is 1. The lowest BCUT2D eigenvalue weighted by molar-refractivity contribution is -0.138. The number of anilines is 1. The summed E-state index contributed by atoms with van der Waals surface area (Å²) in [6, 6.07) is 10.5. The maximum absolute atomic E-state index is 12.3. The lowest BCUT2D eigenvalue weighted by Gasteiger charge is -2.47. The van der Waals surface area contributed by atoms with E-state index in [2.05, 4.69) is 15.0 Å². The van der Waals surface area contributed by atoms with E-state index in [0.29, 0.717) is 24.9 Å². The van der Waals surface area contributed by atoms with Crippen molar-refractivity contribution in [2.75, 3.05) is 44.8 Å². The summed E-state index contributed by atoms with van der Waals surface area (Å²) in [7, 11) is 1.70. The van der Waals surface area contributed by atoms with Gasteiger partial charge < -0.3 is 19.1 Å². The zero-order valence-electron chi connectivity index (χ0n) is 16.5. The number of carbonyl (C=O) groups excluding carboxylic acids is 1. The van der Waals surface area contributed by atoms with Crippen molar-refractivity contribution in [2.24, 2.45) is 5.41 Å². The highest BCUT2D eigenvalue weighted by Gasteiger charge is 2.41. The van der Waals surface area contributed by atoms with Gasteiger partial charge in [0.05, 0.1) is 0 Å². The van der Waals surface area contributed by atoms with Crippen LogP contribution in [0.4, 0.5) is 6.01 Å². The Bertz CT molecular complexity index is 784. The van der Waals surface area contributed by atoms with Crippen molar-refractivity contribution < 1.29 is 14.1 Å². The summed E-state index contributed by atoms with van der Waals surface area (Å²) in [6.45, 7) is 4.13. The quantitative estimate of drug-likeness (QED) is 0.713. The number of piperidine rings is 2. The molecule has 3 heterocycles. The molecule has 2 fully saturated rings. The van der Waals surface area contributed by atoms with E-state index in [-0.39, 0.29) is 11.3 Å². The van der Waals surface area contributed by atoms with Crippen LogP contribution in [0.5, 0.6) is 0 Å². The Kier molecular flexibility index (Phi) is 5.62. The molecule has 2 aliphatic heterocycles. The van der Waals surface area contributed by atoms with Gasteiger partial charge in [0.25, 0.3) is 0 Å². The molecule has 0 unspecified atom stereocenters. The van der Waals surface area contributed by atoms with E-state index in [1.165, 1.54) is 0 Å². The van der Waals surface area contributed by atoms with Gasteiger partial charge in [-0.1, -0.05) is 35.5 Å². The first-order valence-electron chi connectivity index (χ1n) is 10.1. The monoisotopic (exact) mass is 384 g/mol. The molecule has 1 amide bonds. The summed E-state index contributed by atoms with van der Waals surface area (Å²) in [5.41, 5.74) is 1.18. The smallest absolute Gasteiger partial charge is 0.324 e. The van der Waals surface area contributed by atoms with E-state index >= 15 is 0 Å². The Morgan fingerprint density at radius 1 is 1.18 bits per heavy atom. The van der Waals surface area contributed by atoms with E-state index in [1.54, 1.807) is 7.11 Å². The Hall–Kier alpha value is -2.41. The highest BCUT2D eigenvalue weighted by molar-refractivity contribution is 5.77. The Balaban J connectivity index is 1.36. The van der Waals surface area contributed by atoms with E-state index in [4.69, 9.17) is 9.26 Å². The molecule has 4 rings (SSSR count). The lowest BCUT2D eigenvalue weighted by atomic mass is 9.72. The van der Waals surface area contributed by atoms with Crippen molar-refractivity contribution in [2.45, 2.75) is 32.1 Å². The number of hydrogen-bond donors (Lipinski definition) is 0. The van der Waals surface area contributed by atoms with Crippen LogP contribution in [-0.4, -0.2) is 60.8 Å². The van der Waals surface area contributed by atoms with Crippen LogP contribution in [0, 0.1) is 5.41 Å². The third kappa shape index (κ3) is 4.04. The van der Waals surface area contributed by atoms with Gasteiger partial charge in [0.2, 0.25) is 11.7 Å². The summed E-state index contributed by atoms with van der Waals surface area (Å²) < 4.78 is 10.7. The maximum Gasteiger partial charge on any atom is 0.324 e. The number of rotatable bonds is 6. The number of carbonyl (C=O) groups is 1. The Labute approximate surface area is 165 Å². The van der Waals surface area contributed by atoms with Crippen molar-refractivity contribution in [1.29, 1.82) is 0 Å². The zero-order valence-corrected chi connectivity index (χ0v) is 16.5. The molecule has 0 atom stereocenters. The van der Waals surface area contributed by atoms with Gasteiger partial charge >= 0.3 is 6.01 Å². The summed E-state index contributed by atoms with van der Waals surface area (Å²) >= 11 is 0. The number of ether oxygens (including phenoxy) is 1. The van der Waals surface area contributed by atoms with Crippen LogP contribution in [0.1, 0.15) is 32.1 Å². The molecule has 0 saturated carbocycles. The zero-order chi connectivity index (χ0) is 19.4. The average Bonchev–Trinajstić information content (AvgIpc) is 3.22. The number of nitrogens with zero attached hydrogens (tertiary/aromatic N) is 4. The van der Waals surface area contributed by atoms with E-state index < -0.39 is 0 Å². The number of aromatic nitrogens is 2. The molecule has 0 bridgehead atoms. The molecule has 2 aliphatic rings. The predicted molar refractivity (Wildman–Crippen MR) is 106 cm³/mol. The number of amides is 1. The van der Waals surface area contributed by atoms with Crippen LogP contribution in [0.2, 0.25) is 0 Å². The standard InChI is InChI=1S/C21H28N4O3/c1-27-15-5-12-25-16-21(9-8-18(25)26)10-13-24(14-11-21)20-22-19(23-28-20)17-6-3-2-4-7-17/h2-4,6-7H,5,8-16H2,1H3.